The molecule has 38 heavy (non-hydrogen) atoms. The molecule has 0 bridgehead atoms. The number of ketones is 1. The topological polar surface area (TPSA) is 71.2 Å². The third-order valence-electron chi connectivity index (χ3n) is 7.19. The van der Waals surface area contributed by atoms with Crippen LogP contribution < -0.4 is 4.74 Å². The molecule has 2 unspecified atom stereocenters. The van der Waals surface area contributed by atoms with Crippen LogP contribution in [-0.4, -0.2) is 23.6 Å². The fraction of sp³-hybridized carbons (Fsp3) is 0.606. The van der Waals surface area contributed by atoms with Crippen LogP contribution in [0.2, 0.25) is 0 Å². The highest BCUT2D eigenvalue weighted by atomic mass is 16.5. The van der Waals surface area contributed by atoms with Crippen molar-refractivity contribution >= 4 is 17.2 Å². The normalized spacial score (nSPS) is 13.1. The number of Topliss-reactive ketones (excluding diaryl/α,β-unsaturated/α-hetero) is 1. The zero-order chi connectivity index (χ0) is 27.4. The van der Waals surface area contributed by atoms with Gasteiger partial charge in [-0.3, -0.25) is 4.79 Å². The monoisotopic (exact) mass is 522 g/mol. The van der Waals surface area contributed by atoms with Crippen LogP contribution in [0.3, 0.4) is 0 Å². The van der Waals surface area contributed by atoms with E-state index >= 15 is 0 Å². The molecular formula is C33H50N2O3. The first-order chi connectivity index (χ1) is 18.5. The van der Waals surface area contributed by atoms with Crippen LogP contribution >= 0.6 is 0 Å². The van der Waals surface area contributed by atoms with Crippen LogP contribution in [0.1, 0.15) is 110 Å². The second kappa shape index (κ2) is 19.5. The Labute approximate surface area is 231 Å². The van der Waals surface area contributed by atoms with E-state index in [0.717, 1.165) is 68.7 Å². The number of benzene rings is 2. The number of aryl methyl sites for hydroxylation is 1. The summed E-state index contributed by atoms with van der Waals surface area (Å²) in [6.45, 7) is 6.84. The number of rotatable bonds is 21. The fourth-order valence-corrected chi connectivity index (χ4v) is 4.40. The molecular weight excluding hydrogens is 472 g/mol. The second-order valence-electron chi connectivity index (χ2n) is 10.5. The number of carbonyl (C=O) groups is 1. The molecule has 2 atom stereocenters. The lowest BCUT2D eigenvalue weighted by Crippen LogP contribution is -2.26. The van der Waals surface area contributed by atoms with Crippen LogP contribution in [0.4, 0.5) is 11.4 Å². The first-order valence-corrected chi connectivity index (χ1v) is 15.0. The average Bonchev–Trinajstić information content (AvgIpc) is 2.95. The smallest absolute Gasteiger partial charge is 0.164 e. The maximum absolute atomic E-state index is 11.9. The lowest BCUT2D eigenvalue weighted by molar-refractivity contribution is -0.131. The lowest BCUT2D eigenvalue weighted by atomic mass is 9.96. The molecule has 2 aromatic rings. The number of unbranched alkanes of at least 4 members (excludes halogenated alkanes) is 9. The third kappa shape index (κ3) is 13.3. The van der Waals surface area contributed by atoms with Gasteiger partial charge in [0.05, 0.1) is 18.0 Å². The Morgan fingerprint density at radius 3 is 1.92 bits per heavy atom. The van der Waals surface area contributed by atoms with Gasteiger partial charge in [0.15, 0.2) is 5.78 Å². The fourth-order valence-electron chi connectivity index (χ4n) is 4.40. The van der Waals surface area contributed by atoms with Crippen molar-refractivity contribution in [1.82, 2.24) is 0 Å². The molecule has 0 spiro atoms. The van der Waals surface area contributed by atoms with Gasteiger partial charge in [-0.25, -0.2) is 0 Å². The summed E-state index contributed by atoms with van der Waals surface area (Å²) >= 11 is 0. The van der Waals surface area contributed by atoms with E-state index in [1.165, 1.54) is 44.1 Å². The number of hydrogen-bond donors (Lipinski definition) is 1. The Morgan fingerprint density at radius 1 is 0.763 bits per heavy atom. The van der Waals surface area contributed by atoms with Gasteiger partial charge >= 0.3 is 0 Å². The molecule has 0 saturated heterocycles. The molecule has 2 aromatic carbocycles. The van der Waals surface area contributed by atoms with Crippen molar-refractivity contribution in [2.24, 2.45) is 16.1 Å². The summed E-state index contributed by atoms with van der Waals surface area (Å²) in [5, 5.41) is 18.7. The molecule has 1 N–H and O–H groups in total. The van der Waals surface area contributed by atoms with Crippen molar-refractivity contribution in [1.29, 1.82) is 0 Å². The van der Waals surface area contributed by atoms with Gasteiger partial charge in [-0.05, 0) is 74.1 Å². The zero-order valence-corrected chi connectivity index (χ0v) is 24.0. The number of aliphatic hydroxyl groups is 1. The Morgan fingerprint density at radius 2 is 1.32 bits per heavy atom. The van der Waals surface area contributed by atoms with E-state index in [2.05, 4.69) is 29.3 Å². The number of ether oxygens (including phenoxy) is 1. The van der Waals surface area contributed by atoms with Crippen molar-refractivity contribution in [2.45, 2.75) is 117 Å². The third-order valence-corrected chi connectivity index (χ3v) is 7.19. The summed E-state index contributed by atoms with van der Waals surface area (Å²) in [6.07, 6.45) is 14.6. The van der Waals surface area contributed by atoms with E-state index in [1.54, 1.807) is 0 Å². The van der Waals surface area contributed by atoms with Crippen LogP contribution in [-0.2, 0) is 11.2 Å². The van der Waals surface area contributed by atoms with Crippen LogP contribution in [0, 0.1) is 5.92 Å². The van der Waals surface area contributed by atoms with Gasteiger partial charge in [0.1, 0.15) is 11.9 Å². The van der Waals surface area contributed by atoms with Crippen molar-refractivity contribution in [3.63, 3.8) is 0 Å². The Kier molecular flexibility index (Phi) is 16.3. The summed E-state index contributed by atoms with van der Waals surface area (Å²) in [7, 11) is 0. The molecule has 5 nitrogen and oxygen atoms in total. The number of carbonyl (C=O) groups excluding carboxylic acids is 1. The van der Waals surface area contributed by atoms with E-state index in [-0.39, 0.29) is 11.7 Å². The highest BCUT2D eigenvalue weighted by molar-refractivity contribution is 5.84. The Bertz CT molecular complexity index is 909. The molecule has 0 aliphatic rings. The summed E-state index contributed by atoms with van der Waals surface area (Å²) in [5.74, 6) is 0.830. The van der Waals surface area contributed by atoms with Gasteiger partial charge in [0, 0.05) is 5.92 Å². The van der Waals surface area contributed by atoms with Crippen LogP contribution in [0.15, 0.2) is 58.8 Å². The summed E-state index contributed by atoms with van der Waals surface area (Å²) in [6, 6.07) is 16.2. The minimum Gasteiger partial charge on any atom is -0.494 e. The lowest BCUT2D eigenvalue weighted by Gasteiger charge is -2.13. The predicted octanol–water partition coefficient (Wildman–Crippen LogP) is 9.70. The zero-order valence-electron chi connectivity index (χ0n) is 24.0. The number of hydrogen-bond acceptors (Lipinski definition) is 5. The van der Waals surface area contributed by atoms with Crippen molar-refractivity contribution < 1.29 is 14.6 Å². The highest BCUT2D eigenvalue weighted by Crippen LogP contribution is 2.22. The summed E-state index contributed by atoms with van der Waals surface area (Å²) in [5.41, 5.74) is 3.05. The molecule has 0 aliphatic carbocycles. The first-order valence-electron chi connectivity index (χ1n) is 15.0. The number of aliphatic hydroxyl groups excluding tert-OH is 1. The molecule has 2 rings (SSSR count). The standard InChI is InChI=1S/C33H50N2O3/c1-4-6-7-13-16-28-18-20-29(21-19-28)34-35-30-22-24-31(25-23-30)38-26-15-12-10-8-9-11-14-17-32(36)33(37)27(3)5-2/h18-25,27,32,36H,4-17,26H2,1-3H3. The van der Waals surface area contributed by atoms with Crippen molar-refractivity contribution in [2.75, 3.05) is 6.61 Å². The van der Waals surface area contributed by atoms with Gasteiger partial charge < -0.3 is 9.84 Å². The van der Waals surface area contributed by atoms with Gasteiger partial charge in [0.25, 0.3) is 0 Å². The van der Waals surface area contributed by atoms with Crippen LogP contribution in [0.5, 0.6) is 5.75 Å². The Balaban J connectivity index is 1.53. The molecule has 0 saturated carbocycles. The molecule has 0 radical (unpaired) electrons. The SMILES string of the molecule is CCCCCCc1ccc(N=Nc2ccc(OCCCCCCCCCC(O)C(=O)C(C)CC)cc2)cc1. The first kappa shape index (κ1) is 31.7. The van der Waals surface area contributed by atoms with Gasteiger partial charge in [0.2, 0.25) is 0 Å². The van der Waals surface area contributed by atoms with Crippen molar-refractivity contribution in [3.8, 4) is 5.75 Å². The van der Waals surface area contributed by atoms with Gasteiger partial charge in [-0.15, -0.1) is 0 Å². The number of azo groups is 1. The van der Waals surface area contributed by atoms with Crippen molar-refractivity contribution in [3.05, 3.63) is 54.1 Å². The quantitative estimate of drug-likeness (QED) is 0.131. The highest BCUT2D eigenvalue weighted by Gasteiger charge is 2.19. The molecule has 0 aromatic heterocycles. The molecule has 0 heterocycles. The van der Waals surface area contributed by atoms with Gasteiger partial charge in [-0.1, -0.05) is 90.7 Å². The van der Waals surface area contributed by atoms with Gasteiger partial charge in [-0.2, -0.15) is 10.2 Å². The second-order valence-corrected chi connectivity index (χ2v) is 10.5. The van der Waals surface area contributed by atoms with E-state index in [0.29, 0.717) is 6.42 Å². The predicted molar refractivity (Wildman–Crippen MR) is 158 cm³/mol. The Hall–Kier alpha value is -2.53. The molecule has 0 aliphatic heterocycles. The number of nitrogens with zero attached hydrogens (tertiary/aromatic N) is 2. The van der Waals surface area contributed by atoms with E-state index < -0.39 is 6.10 Å². The molecule has 0 amide bonds. The minimum absolute atomic E-state index is 0.000423. The van der Waals surface area contributed by atoms with E-state index in [9.17, 15) is 9.90 Å². The summed E-state index contributed by atoms with van der Waals surface area (Å²) in [4.78, 5) is 11.9. The summed E-state index contributed by atoms with van der Waals surface area (Å²) < 4.78 is 5.87. The molecule has 0 fully saturated rings. The largest absolute Gasteiger partial charge is 0.494 e. The van der Waals surface area contributed by atoms with E-state index in [4.69, 9.17) is 4.74 Å². The van der Waals surface area contributed by atoms with Crippen LogP contribution in [0.25, 0.3) is 0 Å². The minimum atomic E-state index is -0.777. The average molecular weight is 523 g/mol. The molecule has 5 heteroatoms. The maximum atomic E-state index is 11.9. The molecule has 210 valence electrons. The maximum Gasteiger partial charge on any atom is 0.164 e. The van der Waals surface area contributed by atoms with E-state index in [1.807, 2.05) is 50.2 Å².